The van der Waals surface area contributed by atoms with Gasteiger partial charge < -0.3 is 10.3 Å². The average Bonchev–Trinajstić information content (AvgIpc) is 3.02. The predicted molar refractivity (Wildman–Crippen MR) is 93.9 cm³/mol. The Morgan fingerprint density at radius 2 is 1.96 bits per heavy atom. The van der Waals surface area contributed by atoms with Crippen LogP contribution in [0.25, 0.3) is 10.9 Å². The molecule has 0 spiro atoms. The van der Waals surface area contributed by atoms with Gasteiger partial charge in [0.2, 0.25) is 0 Å². The Hall–Kier alpha value is -2.40. The minimum Gasteiger partial charge on any atom is -0.361 e. The van der Waals surface area contributed by atoms with Crippen molar-refractivity contribution < 1.29 is 9.00 Å². The van der Waals surface area contributed by atoms with Crippen LogP contribution < -0.4 is 5.32 Å². The molecule has 2 aromatic carbocycles. The maximum absolute atomic E-state index is 12.6. The summed E-state index contributed by atoms with van der Waals surface area (Å²) in [6.45, 7) is 0. The lowest BCUT2D eigenvalue weighted by Crippen LogP contribution is -2.31. The minimum absolute atomic E-state index is 0.166. The number of H-pyrrole nitrogens is 1. The van der Waals surface area contributed by atoms with Crippen molar-refractivity contribution in [3.63, 3.8) is 0 Å². The van der Waals surface area contributed by atoms with Crippen LogP contribution in [0.3, 0.4) is 0 Å². The zero-order valence-electron chi connectivity index (χ0n) is 12.8. The standard InChI is InChI=1S/C18H18N2O2S/c1-23(22)12-17(13-5-3-2-4-6-13)20-18(21)15-8-7-14-9-10-19-16(14)11-15/h2-11,17,19H,12H2,1H3,(H,20,21). The Bertz CT molecular complexity index is 842. The normalized spacial score (nSPS) is 13.6. The van der Waals surface area contributed by atoms with E-state index in [1.54, 1.807) is 12.3 Å². The molecular weight excluding hydrogens is 308 g/mol. The second kappa shape index (κ2) is 6.79. The number of rotatable bonds is 5. The van der Waals surface area contributed by atoms with E-state index in [0.717, 1.165) is 16.5 Å². The van der Waals surface area contributed by atoms with Crippen molar-refractivity contribution in [1.82, 2.24) is 10.3 Å². The molecule has 2 unspecified atom stereocenters. The van der Waals surface area contributed by atoms with E-state index >= 15 is 0 Å². The summed E-state index contributed by atoms with van der Waals surface area (Å²) in [6, 6.07) is 16.9. The number of fused-ring (bicyclic) bond motifs is 1. The average molecular weight is 326 g/mol. The van der Waals surface area contributed by atoms with Crippen LogP contribution in [-0.2, 0) is 10.8 Å². The number of nitrogens with one attached hydrogen (secondary N) is 2. The highest BCUT2D eigenvalue weighted by molar-refractivity contribution is 7.84. The van der Waals surface area contributed by atoms with Crippen molar-refractivity contribution in [2.75, 3.05) is 12.0 Å². The molecule has 1 heterocycles. The summed E-state index contributed by atoms with van der Waals surface area (Å²) in [7, 11) is -1.01. The van der Waals surface area contributed by atoms with Crippen molar-refractivity contribution >= 4 is 27.6 Å². The molecular formula is C18H18N2O2S. The molecule has 2 atom stereocenters. The SMILES string of the molecule is CS(=O)CC(NC(=O)c1ccc2cc[nH]c2c1)c1ccccc1. The second-order valence-electron chi connectivity index (χ2n) is 5.46. The molecule has 118 valence electrons. The van der Waals surface area contributed by atoms with E-state index in [9.17, 15) is 9.00 Å². The third kappa shape index (κ3) is 3.68. The van der Waals surface area contributed by atoms with Crippen LogP contribution in [0.5, 0.6) is 0 Å². The minimum atomic E-state index is -1.01. The Labute approximate surface area is 137 Å². The van der Waals surface area contributed by atoms with Gasteiger partial charge in [0.1, 0.15) is 0 Å². The Balaban J connectivity index is 1.83. The third-order valence-electron chi connectivity index (χ3n) is 3.73. The summed E-state index contributed by atoms with van der Waals surface area (Å²) in [5.74, 6) is 0.223. The maximum Gasteiger partial charge on any atom is 0.251 e. The Morgan fingerprint density at radius 3 is 2.70 bits per heavy atom. The van der Waals surface area contributed by atoms with E-state index in [-0.39, 0.29) is 11.9 Å². The van der Waals surface area contributed by atoms with Gasteiger partial charge in [-0.3, -0.25) is 9.00 Å². The number of carbonyl (C=O) groups is 1. The number of amides is 1. The molecule has 5 heteroatoms. The molecule has 4 nitrogen and oxygen atoms in total. The molecule has 0 aliphatic rings. The summed E-state index contributed by atoms with van der Waals surface area (Å²) in [6.07, 6.45) is 3.49. The first-order valence-corrected chi connectivity index (χ1v) is 9.09. The molecule has 0 fully saturated rings. The van der Waals surface area contributed by atoms with Crippen molar-refractivity contribution in [2.45, 2.75) is 6.04 Å². The van der Waals surface area contributed by atoms with Crippen LogP contribution in [0.1, 0.15) is 22.0 Å². The van der Waals surface area contributed by atoms with Gasteiger partial charge in [0.15, 0.2) is 0 Å². The van der Waals surface area contributed by atoms with Crippen LogP contribution in [0.2, 0.25) is 0 Å². The predicted octanol–water partition coefficient (Wildman–Crippen LogP) is 3.02. The lowest BCUT2D eigenvalue weighted by Gasteiger charge is -2.18. The highest BCUT2D eigenvalue weighted by Crippen LogP contribution is 2.17. The molecule has 23 heavy (non-hydrogen) atoms. The number of aromatic nitrogens is 1. The Morgan fingerprint density at radius 1 is 1.17 bits per heavy atom. The number of carbonyl (C=O) groups excluding carboxylic acids is 1. The molecule has 0 saturated heterocycles. The first-order chi connectivity index (χ1) is 11.1. The monoisotopic (exact) mass is 326 g/mol. The van der Waals surface area contributed by atoms with Gasteiger partial charge in [-0.2, -0.15) is 0 Å². The largest absolute Gasteiger partial charge is 0.361 e. The van der Waals surface area contributed by atoms with Crippen LogP contribution in [-0.4, -0.2) is 27.1 Å². The molecule has 1 amide bonds. The van der Waals surface area contributed by atoms with E-state index in [2.05, 4.69) is 10.3 Å². The molecule has 3 aromatic rings. The smallest absolute Gasteiger partial charge is 0.251 e. The van der Waals surface area contributed by atoms with Gasteiger partial charge >= 0.3 is 0 Å². The van der Waals surface area contributed by atoms with Gasteiger partial charge in [0, 0.05) is 40.1 Å². The van der Waals surface area contributed by atoms with Gasteiger partial charge in [0.05, 0.1) is 6.04 Å². The summed E-state index contributed by atoms with van der Waals surface area (Å²) >= 11 is 0. The number of hydrogen-bond donors (Lipinski definition) is 2. The van der Waals surface area contributed by atoms with Gasteiger partial charge in [0.25, 0.3) is 5.91 Å². The Kier molecular flexibility index (Phi) is 4.57. The molecule has 3 rings (SSSR count). The lowest BCUT2D eigenvalue weighted by molar-refractivity contribution is 0.0940. The summed E-state index contributed by atoms with van der Waals surface area (Å²) in [5.41, 5.74) is 2.47. The van der Waals surface area contributed by atoms with Crippen LogP contribution in [0.15, 0.2) is 60.8 Å². The fourth-order valence-electron chi connectivity index (χ4n) is 2.57. The van der Waals surface area contributed by atoms with Crippen LogP contribution in [0.4, 0.5) is 0 Å². The lowest BCUT2D eigenvalue weighted by atomic mass is 10.1. The van der Waals surface area contributed by atoms with E-state index in [1.165, 1.54) is 0 Å². The molecule has 1 aromatic heterocycles. The molecule has 0 radical (unpaired) electrons. The van der Waals surface area contributed by atoms with Crippen molar-refractivity contribution in [3.8, 4) is 0 Å². The first kappa shape index (κ1) is 15.5. The first-order valence-electron chi connectivity index (χ1n) is 7.36. The molecule has 2 N–H and O–H groups in total. The summed E-state index contributed by atoms with van der Waals surface area (Å²) < 4.78 is 11.6. The highest BCUT2D eigenvalue weighted by atomic mass is 32.2. The maximum atomic E-state index is 12.6. The molecule has 0 saturated carbocycles. The van der Waals surface area contributed by atoms with Crippen LogP contribution >= 0.6 is 0 Å². The number of benzene rings is 2. The fraction of sp³-hybridized carbons (Fsp3) is 0.167. The van der Waals surface area contributed by atoms with Gasteiger partial charge in [-0.05, 0) is 29.1 Å². The number of aromatic amines is 1. The van der Waals surface area contributed by atoms with Gasteiger partial charge in [-0.15, -0.1) is 0 Å². The summed E-state index contributed by atoms with van der Waals surface area (Å²) in [5, 5.41) is 4.06. The third-order valence-corrected chi connectivity index (χ3v) is 4.53. The molecule has 0 aliphatic heterocycles. The number of hydrogen-bond acceptors (Lipinski definition) is 2. The topological polar surface area (TPSA) is 62.0 Å². The van der Waals surface area contributed by atoms with Crippen molar-refractivity contribution in [2.24, 2.45) is 0 Å². The second-order valence-corrected chi connectivity index (χ2v) is 6.94. The fourth-order valence-corrected chi connectivity index (χ4v) is 3.32. The van der Waals surface area contributed by atoms with Crippen LogP contribution in [0, 0.1) is 0 Å². The summed E-state index contributed by atoms with van der Waals surface area (Å²) in [4.78, 5) is 15.7. The van der Waals surface area contributed by atoms with Crippen molar-refractivity contribution in [1.29, 1.82) is 0 Å². The molecule has 0 aliphatic carbocycles. The van der Waals surface area contributed by atoms with Crippen molar-refractivity contribution in [3.05, 3.63) is 71.9 Å². The van der Waals surface area contributed by atoms with Gasteiger partial charge in [-0.1, -0.05) is 36.4 Å². The highest BCUT2D eigenvalue weighted by Gasteiger charge is 2.17. The zero-order valence-corrected chi connectivity index (χ0v) is 13.6. The van der Waals surface area contributed by atoms with E-state index in [0.29, 0.717) is 11.3 Å². The van der Waals surface area contributed by atoms with Gasteiger partial charge in [-0.25, -0.2) is 0 Å². The zero-order chi connectivity index (χ0) is 16.2. The van der Waals surface area contributed by atoms with E-state index in [4.69, 9.17) is 0 Å². The molecule has 0 bridgehead atoms. The quantitative estimate of drug-likeness (QED) is 0.757. The van der Waals surface area contributed by atoms with E-state index < -0.39 is 10.8 Å². The van der Waals surface area contributed by atoms with E-state index in [1.807, 2.05) is 54.7 Å².